The Hall–Kier alpha value is -2.23. The predicted molar refractivity (Wildman–Crippen MR) is 62.3 cm³/mol. The van der Waals surface area contributed by atoms with E-state index in [1.165, 1.54) is 6.07 Å². The van der Waals surface area contributed by atoms with Gasteiger partial charge in [-0.3, -0.25) is 0 Å². The largest absolute Gasteiger partial charge is 0.494 e. The van der Waals surface area contributed by atoms with Crippen molar-refractivity contribution in [3.8, 4) is 17.1 Å². The molecule has 0 atom stereocenters. The zero-order valence-electron chi connectivity index (χ0n) is 9.34. The summed E-state index contributed by atoms with van der Waals surface area (Å²) in [7, 11) is 0. The average Bonchev–Trinajstić information content (AvgIpc) is 2.80. The molecule has 0 bridgehead atoms. The van der Waals surface area contributed by atoms with Crippen molar-refractivity contribution in [1.82, 2.24) is 0 Å². The van der Waals surface area contributed by atoms with E-state index in [4.69, 9.17) is 14.3 Å². The fourth-order valence-corrected chi connectivity index (χ4v) is 1.49. The summed E-state index contributed by atoms with van der Waals surface area (Å²) in [6.07, 6.45) is 0. The number of hydrogen-bond acceptors (Lipinski definition) is 3. The highest BCUT2D eigenvalue weighted by Gasteiger charge is 2.10. The number of rotatable bonds is 4. The van der Waals surface area contributed by atoms with Crippen LogP contribution in [-0.2, 0) is 0 Å². The van der Waals surface area contributed by atoms with Gasteiger partial charge in [0.25, 0.3) is 0 Å². The van der Waals surface area contributed by atoms with Crippen LogP contribution in [0.2, 0.25) is 0 Å². The molecule has 4 nitrogen and oxygen atoms in total. The van der Waals surface area contributed by atoms with Crippen LogP contribution < -0.4 is 4.74 Å². The van der Waals surface area contributed by atoms with Crippen molar-refractivity contribution >= 4 is 5.97 Å². The van der Waals surface area contributed by atoms with Gasteiger partial charge in [0.1, 0.15) is 11.5 Å². The van der Waals surface area contributed by atoms with Crippen molar-refractivity contribution in [2.75, 3.05) is 6.61 Å². The molecule has 0 aliphatic carbocycles. The van der Waals surface area contributed by atoms with E-state index in [0.29, 0.717) is 12.4 Å². The van der Waals surface area contributed by atoms with Gasteiger partial charge in [-0.25, -0.2) is 4.79 Å². The maximum atomic E-state index is 10.7. The van der Waals surface area contributed by atoms with Crippen LogP contribution in [0.4, 0.5) is 0 Å². The fourth-order valence-electron chi connectivity index (χ4n) is 1.49. The lowest BCUT2D eigenvalue weighted by atomic mass is 10.2. The van der Waals surface area contributed by atoms with Gasteiger partial charge in [-0.15, -0.1) is 0 Å². The van der Waals surface area contributed by atoms with Crippen molar-refractivity contribution < 1.29 is 19.1 Å². The molecular weight excluding hydrogens is 220 g/mol. The van der Waals surface area contributed by atoms with E-state index in [9.17, 15) is 4.79 Å². The van der Waals surface area contributed by atoms with E-state index in [1.807, 2.05) is 31.2 Å². The number of benzene rings is 1. The Morgan fingerprint density at radius 3 is 2.47 bits per heavy atom. The molecule has 0 amide bonds. The molecule has 0 fully saturated rings. The summed E-state index contributed by atoms with van der Waals surface area (Å²) in [5.41, 5.74) is 0.820. The first-order valence-electron chi connectivity index (χ1n) is 5.27. The van der Waals surface area contributed by atoms with Crippen molar-refractivity contribution in [3.05, 3.63) is 42.2 Å². The normalized spacial score (nSPS) is 10.2. The summed E-state index contributed by atoms with van der Waals surface area (Å²) in [6.45, 7) is 2.53. The van der Waals surface area contributed by atoms with Gasteiger partial charge >= 0.3 is 5.97 Å². The van der Waals surface area contributed by atoms with Gasteiger partial charge in [0, 0.05) is 5.56 Å². The van der Waals surface area contributed by atoms with Crippen LogP contribution in [0.15, 0.2) is 40.8 Å². The van der Waals surface area contributed by atoms with E-state index in [1.54, 1.807) is 6.07 Å². The minimum absolute atomic E-state index is 0.0612. The lowest BCUT2D eigenvalue weighted by molar-refractivity contribution is 0.0663. The first-order chi connectivity index (χ1) is 8.20. The van der Waals surface area contributed by atoms with Crippen LogP contribution in [0.25, 0.3) is 11.3 Å². The Labute approximate surface area is 98.4 Å². The van der Waals surface area contributed by atoms with Crippen molar-refractivity contribution in [2.45, 2.75) is 6.92 Å². The Kier molecular flexibility index (Phi) is 3.14. The molecule has 1 heterocycles. The second-order valence-corrected chi connectivity index (χ2v) is 3.43. The monoisotopic (exact) mass is 232 g/mol. The van der Waals surface area contributed by atoms with E-state index in [0.717, 1.165) is 11.3 Å². The zero-order valence-corrected chi connectivity index (χ0v) is 9.34. The molecule has 17 heavy (non-hydrogen) atoms. The Bertz CT molecular complexity index is 510. The van der Waals surface area contributed by atoms with Gasteiger partial charge in [0.2, 0.25) is 5.76 Å². The maximum absolute atomic E-state index is 10.7. The standard InChI is InChI=1S/C13H12O4/c1-2-16-10-5-3-9(4-6-10)11-7-8-12(17-11)13(14)15/h3-8H,2H2,1H3,(H,14,15). The number of carbonyl (C=O) groups is 1. The zero-order chi connectivity index (χ0) is 12.3. The summed E-state index contributed by atoms with van der Waals surface area (Å²) in [6, 6.07) is 10.4. The molecule has 2 rings (SSSR count). The molecule has 1 N–H and O–H groups in total. The highest BCUT2D eigenvalue weighted by Crippen LogP contribution is 2.24. The molecule has 1 aromatic carbocycles. The topological polar surface area (TPSA) is 59.7 Å². The fraction of sp³-hybridized carbons (Fsp3) is 0.154. The molecule has 88 valence electrons. The number of furan rings is 1. The van der Waals surface area contributed by atoms with Crippen molar-refractivity contribution in [3.63, 3.8) is 0 Å². The molecule has 4 heteroatoms. The summed E-state index contributed by atoms with van der Waals surface area (Å²) < 4.78 is 10.5. The van der Waals surface area contributed by atoms with Gasteiger partial charge in [0.05, 0.1) is 6.61 Å². The molecule has 0 radical (unpaired) electrons. The molecular formula is C13H12O4. The molecule has 0 saturated carbocycles. The van der Waals surface area contributed by atoms with Gasteiger partial charge < -0.3 is 14.3 Å². The number of hydrogen-bond donors (Lipinski definition) is 1. The number of carboxylic acids is 1. The van der Waals surface area contributed by atoms with Crippen molar-refractivity contribution in [1.29, 1.82) is 0 Å². The number of carboxylic acid groups (broad SMARTS) is 1. The lowest BCUT2D eigenvalue weighted by Gasteiger charge is -2.03. The molecule has 2 aromatic rings. The first-order valence-corrected chi connectivity index (χ1v) is 5.27. The SMILES string of the molecule is CCOc1ccc(-c2ccc(C(=O)O)o2)cc1. The summed E-state index contributed by atoms with van der Waals surface area (Å²) >= 11 is 0. The Morgan fingerprint density at radius 2 is 1.94 bits per heavy atom. The van der Waals surface area contributed by atoms with Crippen LogP contribution in [0.5, 0.6) is 5.75 Å². The van der Waals surface area contributed by atoms with Crippen LogP contribution in [0.3, 0.4) is 0 Å². The summed E-state index contributed by atoms with van der Waals surface area (Å²) in [5.74, 6) is 0.183. The second kappa shape index (κ2) is 4.74. The lowest BCUT2D eigenvalue weighted by Crippen LogP contribution is -1.91. The highest BCUT2D eigenvalue weighted by atomic mass is 16.5. The van der Waals surface area contributed by atoms with E-state index in [-0.39, 0.29) is 5.76 Å². The molecule has 1 aromatic heterocycles. The van der Waals surface area contributed by atoms with Crippen LogP contribution >= 0.6 is 0 Å². The van der Waals surface area contributed by atoms with Crippen molar-refractivity contribution in [2.24, 2.45) is 0 Å². The van der Waals surface area contributed by atoms with Crippen LogP contribution in [-0.4, -0.2) is 17.7 Å². The van der Waals surface area contributed by atoms with E-state index in [2.05, 4.69) is 0 Å². The first kappa shape index (κ1) is 11.3. The highest BCUT2D eigenvalue weighted by molar-refractivity contribution is 5.85. The van der Waals surface area contributed by atoms with Gasteiger partial charge in [-0.2, -0.15) is 0 Å². The third-order valence-corrected chi connectivity index (χ3v) is 2.27. The van der Waals surface area contributed by atoms with Gasteiger partial charge in [-0.05, 0) is 43.3 Å². The smallest absolute Gasteiger partial charge is 0.371 e. The molecule has 0 unspecified atom stereocenters. The molecule has 0 spiro atoms. The predicted octanol–water partition coefficient (Wildman–Crippen LogP) is 3.04. The Morgan fingerprint density at radius 1 is 1.24 bits per heavy atom. The van der Waals surface area contributed by atoms with Gasteiger partial charge in [0.15, 0.2) is 0 Å². The number of aromatic carboxylic acids is 1. The number of ether oxygens (including phenoxy) is 1. The van der Waals surface area contributed by atoms with E-state index >= 15 is 0 Å². The van der Waals surface area contributed by atoms with Crippen LogP contribution in [0.1, 0.15) is 17.5 Å². The minimum Gasteiger partial charge on any atom is -0.494 e. The van der Waals surface area contributed by atoms with Gasteiger partial charge in [-0.1, -0.05) is 0 Å². The summed E-state index contributed by atoms with van der Waals surface area (Å²) in [4.78, 5) is 10.7. The van der Waals surface area contributed by atoms with E-state index < -0.39 is 5.97 Å². The molecule has 0 aliphatic heterocycles. The third-order valence-electron chi connectivity index (χ3n) is 2.27. The van der Waals surface area contributed by atoms with Crippen LogP contribution in [0, 0.1) is 0 Å². The quantitative estimate of drug-likeness (QED) is 0.880. The summed E-state index contributed by atoms with van der Waals surface area (Å²) in [5, 5.41) is 8.75. The Balaban J connectivity index is 2.23. The average molecular weight is 232 g/mol. The molecule has 0 saturated heterocycles. The molecule has 0 aliphatic rings. The maximum Gasteiger partial charge on any atom is 0.371 e. The second-order valence-electron chi connectivity index (χ2n) is 3.43. The third kappa shape index (κ3) is 2.47. The minimum atomic E-state index is -1.07.